The van der Waals surface area contributed by atoms with E-state index in [-0.39, 0.29) is 0 Å². The highest BCUT2D eigenvalue weighted by Crippen LogP contribution is 2.27. The molecule has 4 heteroatoms. The van der Waals surface area contributed by atoms with Crippen LogP contribution in [-0.2, 0) is 0 Å². The summed E-state index contributed by atoms with van der Waals surface area (Å²) < 4.78 is 0.945. The second-order valence-corrected chi connectivity index (χ2v) is 3.63. The van der Waals surface area contributed by atoms with Crippen LogP contribution in [0.5, 0.6) is 0 Å². The van der Waals surface area contributed by atoms with E-state index in [0.29, 0.717) is 5.56 Å². The van der Waals surface area contributed by atoms with Gasteiger partial charge in [0.2, 0.25) is 0 Å². The highest BCUT2D eigenvalue weighted by atomic mass is 79.9. The van der Waals surface area contributed by atoms with Crippen molar-refractivity contribution in [1.82, 2.24) is 9.97 Å². The van der Waals surface area contributed by atoms with Gasteiger partial charge in [-0.15, -0.1) is 0 Å². The summed E-state index contributed by atoms with van der Waals surface area (Å²) in [5.74, 6) is 0. The van der Waals surface area contributed by atoms with Crippen molar-refractivity contribution < 1.29 is 0 Å². The van der Waals surface area contributed by atoms with E-state index in [4.69, 9.17) is 5.26 Å². The van der Waals surface area contributed by atoms with Crippen LogP contribution in [0.1, 0.15) is 5.56 Å². The molecule has 0 atom stereocenters. The Hall–Kier alpha value is -1.60. The predicted octanol–water partition coefficient (Wildman–Crippen LogP) is 2.71. The number of nitrogens with one attached hydrogen (secondary N) is 1. The zero-order valence-corrected chi connectivity index (χ0v) is 8.75. The summed E-state index contributed by atoms with van der Waals surface area (Å²) in [6.07, 6.45) is 3.34. The Balaban J connectivity index is 2.58. The van der Waals surface area contributed by atoms with Gasteiger partial charge in [0.1, 0.15) is 0 Å². The largest absolute Gasteiger partial charge is 0.345 e. The molecule has 0 aliphatic heterocycles. The van der Waals surface area contributed by atoms with Crippen LogP contribution in [0.4, 0.5) is 0 Å². The number of H-pyrrole nitrogens is 1. The molecule has 0 spiro atoms. The van der Waals surface area contributed by atoms with Gasteiger partial charge in [-0.3, -0.25) is 0 Å². The quantitative estimate of drug-likeness (QED) is 0.843. The molecule has 14 heavy (non-hydrogen) atoms. The Morgan fingerprint density at radius 3 is 2.93 bits per heavy atom. The van der Waals surface area contributed by atoms with Crippen molar-refractivity contribution in [2.45, 2.75) is 0 Å². The molecule has 0 amide bonds. The van der Waals surface area contributed by atoms with Gasteiger partial charge in [-0.2, -0.15) is 5.26 Å². The SMILES string of the molecule is N#Cc1ccc(Br)c(-c2cnc[nH]2)c1. The first kappa shape index (κ1) is 8.97. The van der Waals surface area contributed by atoms with Crippen molar-refractivity contribution in [3.63, 3.8) is 0 Å². The lowest BCUT2D eigenvalue weighted by Gasteiger charge is -2.01. The third kappa shape index (κ3) is 1.54. The molecule has 68 valence electrons. The van der Waals surface area contributed by atoms with E-state index >= 15 is 0 Å². The molecule has 1 aromatic heterocycles. The number of imidazole rings is 1. The number of hydrogen-bond acceptors (Lipinski definition) is 2. The number of aromatic amines is 1. The van der Waals surface area contributed by atoms with Crippen LogP contribution in [0.2, 0.25) is 0 Å². The molecule has 0 saturated heterocycles. The zero-order chi connectivity index (χ0) is 9.97. The van der Waals surface area contributed by atoms with E-state index in [1.54, 1.807) is 18.6 Å². The second-order valence-electron chi connectivity index (χ2n) is 2.77. The number of rotatable bonds is 1. The number of aromatic nitrogens is 2. The Bertz CT molecular complexity index is 483. The van der Waals surface area contributed by atoms with Crippen LogP contribution < -0.4 is 0 Å². The first-order valence-electron chi connectivity index (χ1n) is 3.99. The minimum absolute atomic E-state index is 0.637. The Morgan fingerprint density at radius 1 is 1.43 bits per heavy atom. The summed E-state index contributed by atoms with van der Waals surface area (Å²) in [6, 6.07) is 7.54. The molecule has 3 nitrogen and oxygen atoms in total. The van der Waals surface area contributed by atoms with Crippen LogP contribution in [-0.4, -0.2) is 9.97 Å². The Kier molecular flexibility index (Phi) is 2.33. The van der Waals surface area contributed by atoms with Gasteiger partial charge in [-0.05, 0) is 18.2 Å². The minimum atomic E-state index is 0.637. The molecule has 0 aliphatic rings. The second kappa shape index (κ2) is 3.64. The lowest BCUT2D eigenvalue weighted by molar-refractivity contribution is 1.31. The van der Waals surface area contributed by atoms with Gasteiger partial charge >= 0.3 is 0 Å². The number of benzene rings is 1. The fraction of sp³-hybridized carbons (Fsp3) is 0. The van der Waals surface area contributed by atoms with Gasteiger partial charge < -0.3 is 4.98 Å². The van der Waals surface area contributed by atoms with E-state index in [9.17, 15) is 0 Å². The van der Waals surface area contributed by atoms with Gasteiger partial charge in [-0.1, -0.05) is 15.9 Å². The molecule has 0 saturated carbocycles. The van der Waals surface area contributed by atoms with E-state index in [1.807, 2.05) is 12.1 Å². The summed E-state index contributed by atoms with van der Waals surface area (Å²) in [5.41, 5.74) is 2.48. The number of nitriles is 1. The molecule has 0 radical (unpaired) electrons. The topological polar surface area (TPSA) is 52.5 Å². The molecule has 1 heterocycles. The molecule has 1 N–H and O–H groups in total. The normalized spacial score (nSPS) is 9.71. The average Bonchev–Trinajstić information content (AvgIpc) is 2.71. The van der Waals surface area contributed by atoms with Crippen LogP contribution in [0.25, 0.3) is 11.3 Å². The Labute approximate surface area is 89.5 Å². The lowest BCUT2D eigenvalue weighted by atomic mass is 10.1. The molecule has 2 aromatic rings. The maximum atomic E-state index is 8.76. The highest BCUT2D eigenvalue weighted by Gasteiger charge is 2.04. The van der Waals surface area contributed by atoms with E-state index in [0.717, 1.165) is 15.7 Å². The zero-order valence-electron chi connectivity index (χ0n) is 7.16. The summed E-state index contributed by atoms with van der Waals surface area (Å²) in [4.78, 5) is 6.93. The summed E-state index contributed by atoms with van der Waals surface area (Å²) >= 11 is 3.42. The maximum absolute atomic E-state index is 8.76. The van der Waals surface area contributed by atoms with Crippen LogP contribution in [0.3, 0.4) is 0 Å². The molecular weight excluding hydrogens is 242 g/mol. The van der Waals surface area contributed by atoms with Crippen LogP contribution >= 0.6 is 15.9 Å². The monoisotopic (exact) mass is 247 g/mol. The maximum Gasteiger partial charge on any atom is 0.0991 e. The third-order valence-electron chi connectivity index (χ3n) is 1.88. The fourth-order valence-electron chi connectivity index (χ4n) is 1.20. The number of hydrogen-bond donors (Lipinski definition) is 1. The fourth-order valence-corrected chi connectivity index (χ4v) is 1.66. The summed E-state index contributed by atoms with van der Waals surface area (Å²) in [7, 11) is 0. The summed E-state index contributed by atoms with van der Waals surface area (Å²) in [6.45, 7) is 0. The highest BCUT2D eigenvalue weighted by molar-refractivity contribution is 9.10. The number of nitrogens with zero attached hydrogens (tertiary/aromatic N) is 2. The molecule has 0 unspecified atom stereocenters. The molecule has 0 fully saturated rings. The van der Waals surface area contributed by atoms with Gasteiger partial charge in [0.15, 0.2) is 0 Å². The Morgan fingerprint density at radius 2 is 2.29 bits per heavy atom. The minimum Gasteiger partial charge on any atom is -0.345 e. The molecule has 0 bridgehead atoms. The van der Waals surface area contributed by atoms with Crippen molar-refractivity contribution in [3.8, 4) is 17.3 Å². The van der Waals surface area contributed by atoms with Gasteiger partial charge in [0, 0.05) is 10.0 Å². The summed E-state index contributed by atoms with van der Waals surface area (Å²) in [5, 5.41) is 8.76. The average molecular weight is 248 g/mol. The smallest absolute Gasteiger partial charge is 0.0991 e. The molecular formula is C10H6BrN3. The number of halogens is 1. The third-order valence-corrected chi connectivity index (χ3v) is 2.58. The van der Waals surface area contributed by atoms with E-state index in [1.165, 1.54) is 0 Å². The van der Waals surface area contributed by atoms with Gasteiger partial charge in [0.05, 0.1) is 29.9 Å². The molecule has 0 aliphatic carbocycles. The van der Waals surface area contributed by atoms with Gasteiger partial charge in [-0.25, -0.2) is 4.98 Å². The van der Waals surface area contributed by atoms with Crippen molar-refractivity contribution in [2.75, 3.05) is 0 Å². The van der Waals surface area contributed by atoms with Crippen molar-refractivity contribution in [2.24, 2.45) is 0 Å². The van der Waals surface area contributed by atoms with Crippen LogP contribution in [0.15, 0.2) is 35.2 Å². The molecule has 1 aromatic carbocycles. The predicted molar refractivity (Wildman–Crippen MR) is 56.4 cm³/mol. The van der Waals surface area contributed by atoms with E-state index in [2.05, 4.69) is 32.0 Å². The van der Waals surface area contributed by atoms with E-state index < -0.39 is 0 Å². The van der Waals surface area contributed by atoms with Crippen molar-refractivity contribution >= 4 is 15.9 Å². The molecule has 2 rings (SSSR count). The first-order chi connectivity index (χ1) is 6.81. The van der Waals surface area contributed by atoms with Crippen molar-refractivity contribution in [3.05, 3.63) is 40.8 Å². The standard InChI is InChI=1S/C10H6BrN3/c11-9-2-1-7(4-12)3-8(9)10-5-13-6-14-10/h1-3,5-6H,(H,13,14). The van der Waals surface area contributed by atoms with Crippen molar-refractivity contribution in [1.29, 1.82) is 5.26 Å². The lowest BCUT2D eigenvalue weighted by Crippen LogP contribution is -1.82. The first-order valence-corrected chi connectivity index (χ1v) is 4.79. The van der Waals surface area contributed by atoms with Gasteiger partial charge in [0.25, 0.3) is 0 Å². The van der Waals surface area contributed by atoms with Crippen LogP contribution in [0, 0.1) is 11.3 Å².